The summed E-state index contributed by atoms with van der Waals surface area (Å²) >= 11 is 4.78. The lowest BCUT2D eigenvalue weighted by Gasteiger charge is -2.00. The second kappa shape index (κ2) is 5.34. The van der Waals surface area contributed by atoms with E-state index in [0.717, 1.165) is 15.0 Å². The number of nitrogens with zero attached hydrogens (tertiary/aromatic N) is 1. The fourth-order valence-electron chi connectivity index (χ4n) is 1.83. The van der Waals surface area contributed by atoms with Crippen LogP contribution in [0.4, 0.5) is 4.39 Å². The fourth-order valence-corrected chi connectivity index (χ4v) is 3.02. The summed E-state index contributed by atoms with van der Waals surface area (Å²) in [7, 11) is 0. The van der Waals surface area contributed by atoms with E-state index in [9.17, 15) is 9.50 Å². The fraction of sp³-hybridized carbons (Fsp3) is 0. The maximum absolute atomic E-state index is 13.8. The van der Waals surface area contributed by atoms with Gasteiger partial charge >= 0.3 is 0 Å². The summed E-state index contributed by atoms with van der Waals surface area (Å²) in [5.74, 6) is -0.0840. The van der Waals surface area contributed by atoms with Crippen LogP contribution in [-0.4, -0.2) is 10.1 Å². The number of halogens is 2. The van der Waals surface area contributed by atoms with Gasteiger partial charge in [0.15, 0.2) is 0 Å². The minimum atomic E-state index is -0.296. The van der Waals surface area contributed by atoms with E-state index in [0.29, 0.717) is 11.3 Å². The number of benzene rings is 2. The van der Waals surface area contributed by atoms with Gasteiger partial charge in [-0.25, -0.2) is 9.37 Å². The van der Waals surface area contributed by atoms with Gasteiger partial charge in [0.1, 0.15) is 16.6 Å². The molecule has 100 valence electrons. The second-order valence-corrected chi connectivity index (χ2v) is 5.98. The van der Waals surface area contributed by atoms with Gasteiger partial charge in [-0.2, -0.15) is 0 Å². The molecule has 0 saturated heterocycles. The topological polar surface area (TPSA) is 33.1 Å². The molecule has 2 aromatic carbocycles. The second-order valence-electron chi connectivity index (χ2n) is 4.21. The minimum absolute atomic E-state index is 0.212. The van der Waals surface area contributed by atoms with Crippen LogP contribution in [0, 0.1) is 5.82 Å². The minimum Gasteiger partial charge on any atom is -0.508 e. The molecule has 5 heteroatoms. The third-order valence-electron chi connectivity index (χ3n) is 2.82. The molecule has 0 aliphatic heterocycles. The Morgan fingerprint density at radius 2 is 1.85 bits per heavy atom. The predicted octanol–water partition coefficient (Wildman–Crippen LogP) is 5.08. The van der Waals surface area contributed by atoms with Gasteiger partial charge < -0.3 is 5.11 Å². The maximum Gasteiger partial charge on any atom is 0.132 e. The van der Waals surface area contributed by atoms with Gasteiger partial charge in [-0.15, -0.1) is 11.3 Å². The normalized spacial score (nSPS) is 10.7. The number of aromatic hydroxyl groups is 1. The van der Waals surface area contributed by atoms with Crippen molar-refractivity contribution in [3.05, 3.63) is 58.1 Å². The molecule has 0 atom stereocenters. The van der Waals surface area contributed by atoms with Gasteiger partial charge in [0, 0.05) is 21.0 Å². The van der Waals surface area contributed by atoms with E-state index in [1.807, 2.05) is 5.38 Å². The van der Waals surface area contributed by atoms with Gasteiger partial charge in [-0.3, -0.25) is 0 Å². The standard InChI is InChI=1S/C15H9BrFNOS/c16-10-3-6-13(17)12(7-10)14-8-20-15(18-14)9-1-4-11(19)5-2-9/h1-8,19H. The quantitative estimate of drug-likeness (QED) is 0.699. The van der Waals surface area contributed by atoms with E-state index in [1.54, 1.807) is 36.4 Å². The Bertz CT molecular complexity index is 755. The molecule has 0 radical (unpaired) electrons. The Hall–Kier alpha value is -1.72. The van der Waals surface area contributed by atoms with Crippen molar-refractivity contribution in [2.75, 3.05) is 0 Å². The van der Waals surface area contributed by atoms with Gasteiger partial charge in [0.25, 0.3) is 0 Å². The Balaban J connectivity index is 2.01. The van der Waals surface area contributed by atoms with Crippen LogP contribution in [0.5, 0.6) is 5.75 Å². The highest BCUT2D eigenvalue weighted by molar-refractivity contribution is 9.10. The molecule has 3 rings (SSSR count). The van der Waals surface area contributed by atoms with Crippen LogP contribution in [-0.2, 0) is 0 Å². The zero-order valence-electron chi connectivity index (χ0n) is 10.2. The summed E-state index contributed by atoms with van der Waals surface area (Å²) in [4.78, 5) is 4.46. The van der Waals surface area contributed by atoms with E-state index in [-0.39, 0.29) is 11.6 Å². The molecule has 1 N–H and O–H groups in total. The lowest BCUT2D eigenvalue weighted by molar-refractivity contribution is 0.475. The first-order chi connectivity index (χ1) is 9.63. The van der Waals surface area contributed by atoms with Crippen molar-refractivity contribution in [2.45, 2.75) is 0 Å². The molecule has 0 aliphatic rings. The summed E-state index contributed by atoms with van der Waals surface area (Å²) in [5.41, 5.74) is 1.98. The molecule has 0 bridgehead atoms. The average Bonchev–Trinajstić information content (AvgIpc) is 2.92. The molecule has 2 nitrogen and oxygen atoms in total. The number of phenols is 1. The summed E-state index contributed by atoms with van der Waals surface area (Å²) in [5, 5.41) is 11.9. The third-order valence-corrected chi connectivity index (χ3v) is 4.21. The zero-order chi connectivity index (χ0) is 14.1. The van der Waals surface area contributed by atoms with Crippen LogP contribution in [0.25, 0.3) is 21.8 Å². The molecule has 1 aromatic heterocycles. The van der Waals surface area contributed by atoms with Crippen molar-refractivity contribution < 1.29 is 9.50 Å². The van der Waals surface area contributed by atoms with Crippen LogP contribution < -0.4 is 0 Å². The van der Waals surface area contributed by atoms with Crippen molar-refractivity contribution in [2.24, 2.45) is 0 Å². The van der Waals surface area contributed by atoms with Crippen LogP contribution in [0.15, 0.2) is 52.3 Å². The van der Waals surface area contributed by atoms with Gasteiger partial charge in [0.05, 0.1) is 5.69 Å². The maximum atomic E-state index is 13.8. The molecular weight excluding hydrogens is 341 g/mol. The number of hydrogen-bond acceptors (Lipinski definition) is 3. The molecule has 0 fully saturated rings. The molecule has 3 aromatic rings. The molecule has 20 heavy (non-hydrogen) atoms. The molecule has 0 amide bonds. The Kier molecular flexibility index (Phi) is 3.54. The monoisotopic (exact) mass is 349 g/mol. The Labute approximate surface area is 127 Å². The lowest BCUT2D eigenvalue weighted by Crippen LogP contribution is -1.85. The molecule has 0 unspecified atom stereocenters. The summed E-state index contributed by atoms with van der Waals surface area (Å²) in [6, 6.07) is 11.6. The molecule has 0 saturated carbocycles. The van der Waals surface area contributed by atoms with E-state index in [4.69, 9.17) is 0 Å². The van der Waals surface area contributed by atoms with Crippen LogP contribution >= 0.6 is 27.3 Å². The highest BCUT2D eigenvalue weighted by atomic mass is 79.9. The highest BCUT2D eigenvalue weighted by Crippen LogP contribution is 2.32. The number of aromatic nitrogens is 1. The van der Waals surface area contributed by atoms with Gasteiger partial charge in [-0.1, -0.05) is 15.9 Å². The van der Waals surface area contributed by atoms with Crippen LogP contribution in [0.1, 0.15) is 0 Å². The molecule has 1 heterocycles. The average molecular weight is 350 g/mol. The van der Waals surface area contributed by atoms with E-state index in [1.165, 1.54) is 17.4 Å². The largest absolute Gasteiger partial charge is 0.508 e. The first-order valence-electron chi connectivity index (χ1n) is 5.84. The first kappa shape index (κ1) is 13.3. The van der Waals surface area contributed by atoms with E-state index >= 15 is 0 Å². The first-order valence-corrected chi connectivity index (χ1v) is 7.51. The zero-order valence-corrected chi connectivity index (χ0v) is 12.6. The van der Waals surface area contributed by atoms with Crippen LogP contribution in [0.2, 0.25) is 0 Å². The van der Waals surface area contributed by atoms with Gasteiger partial charge in [-0.05, 0) is 42.5 Å². The van der Waals surface area contributed by atoms with Gasteiger partial charge in [0.2, 0.25) is 0 Å². The third kappa shape index (κ3) is 2.59. The molecule has 0 spiro atoms. The lowest BCUT2D eigenvalue weighted by atomic mass is 10.1. The van der Waals surface area contributed by atoms with Crippen molar-refractivity contribution in [3.8, 4) is 27.6 Å². The number of hydrogen-bond donors (Lipinski definition) is 1. The van der Waals surface area contributed by atoms with Crippen molar-refractivity contribution in [3.63, 3.8) is 0 Å². The number of rotatable bonds is 2. The van der Waals surface area contributed by atoms with Crippen LogP contribution in [0.3, 0.4) is 0 Å². The Morgan fingerprint density at radius 1 is 1.10 bits per heavy atom. The van der Waals surface area contributed by atoms with Crippen molar-refractivity contribution in [1.29, 1.82) is 0 Å². The predicted molar refractivity (Wildman–Crippen MR) is 82.3 cm³/mol. The molecule has 0 aliphatic carbocycles. The summed E-state index contributed by atoms with van der Waals surface area (Å²) in [6.07, 6.45) is 0. The summed E-state index contributed by atoms with van der Waals surface area (Å²) in [6.45, 7) is 0. The van der Waals surface area contributed by atoms with E-state index in [2.05, 4.69) is 20.9 Å². The van der Waals surface area contributed by atoms with E-state index < -0.39 is 0 Å². The SMILES string of the molecule is Oc1ccc(-c2nc(-c3cc(Br)ccc3F)cs2)cc1. The van der Waals surface area contributed by atoms with Crippen molar-refractivity contribution in [1.82, 2.24) is 4.98 Å². The number of phenolic OH excluding ortho intramolecular Hbond substituents is 1. The summed E-state index contributed by atoms with van der Waals surface area (Å²) < 4.78 is 14.6. The smallest absolute Gasteiger partial charge is 0.132 e. The van der Waals surface area contributed by atoms with Crippen molar-refractivity contribution >= 4 is 27.3 Å². The number of thiazole rings is 1. The highest BCUT2D eigenvalue weighted by Gasteiger charge is 2.11. The Morgan fingerprint density at radius 3 is 2.60 bits per heavy atom. The molecular formula is C15H9BrFNOS.